The van der Waals surface area contributed by atoms with E-state index < -0.39 is 0 Å². The molecule has 0 aliphatic heterocycles. The topological polar surface area (TPSA) is 78.6 Å². The van der Waals surface area contributed by atoms with Crippen molar-refractivity contribution in [1.29, 1.82) is 0 Å². The summed E-state index contributed by atoms with van der Waals surface area (Å²) < 4.78 is 0.345. The molecule has 0 fully saturated rings. The number of fused-ring (bicyclic) bond motifs is 1. The van der Waals surface area contributed by atoms with Gasteiger partial charge in [0.25, 0.3) is 5.56 Å². The Kier molecular flexibility index (Phi) is 2.30. The lowest BCUT2D eigenvalue weighted by molar-refractivity contribution is 1.15. The maximum absolute atomic E-state index is 10.9. The van der Waals surface area contributed by atoms with E-state index in [2.05, 4.69) is 15.0 Å². The third kappa shape index (κ3) is 1.26. The quantitative estimate of drug-likeness (QED) is 0.640. The predicted molar refractivity (Wildman–Crippen MR) is 48.1 cm³/mol. The predicted octanol–water partition coefficient (Wildman–Crippen LogP) is 0.0947. The van der Waals surface area contributed by atoms with Gasteiger partial charge in [-0.1, -0.05) is 11.3 Å². The maximum atomic E-state index is 10.9. The number of hydrogen-bond donors (Lipinski definition) is 2. The number of rotatable bonds is 0. The summed E-state index contributed by atoms with van der Waals surface area (Å²) in [6, 6.07) is 0. The lowest BCUT2D eigenvalue weighted by atomic mass is 10.6. The van der Waals surface area contributed by atoms with Crippen LogP contribution >= 0.6 is 23.7 Å². The summed E-state index contributed by atoms with van der Waals surface area (Å²) in [5.74, 6) is 0. The van der Waals surface area contributed by atoms with E-state index in [-0.39, 0.29) is 22.8 Å². The van der Waals surface area contributed by atoms with Crippen molar-refractivity contribution in [1.82, 2.24) is 15.0 Å². The number of halogens is 1. The molecule has 2 aromatic heterocycles. The molecule has 0 spiro atoms. The zero-order valence-corrected chi connectivity index (χ0v) is 7.29. The summed E-state index contributed by atoms with van der Waals surface area (Å²) >= 11 is 0.861. The van der Waals surface area contributed by atoms with E-state index in [9.17, 15) is 9.59 Å². The van der Waals surface area contributed by atoms with E-state index in [1.807, 2.05) is 0 Å². The van der Waals surface area contributed by atoms with Gasteiger partial charge in [0.15, 0.2) is 5.65 Å². The number of H-pyrrole nitrogens is 2. The first kappa shape index (κ1) is 8.95. The Morgan fingerprint density at radius 2 is 2.17 bits per heavy atom. The highest BCUT2D eigenvalue weighted by molar-refractivity contribution is 7.16. The van der Waals surface area contributed by atoms with E-state index in [4.69, 9.17) is 0 Å². The summed E-state index contributed by atoms with van der Waals surface area (Å²) in [7, 11) is 0. The third-order valence-corrected chi connectivity index (χ3v) is 2.10. The SMILES string of the molecule is Cl.O=c1[nH]c2nc[nH]c(=O)c2s1. The molecule has 2 aromatic rings. The van der Waals surface area contributed by atoms with Crippen molar-refractivity contribution in [2.45, 2.75) is 0 Å². The highest BCUT2D eigenvalue weighted by Crippen LogP contribution is 2.02. The Morgan fingerprint density at radius 3 is 2.83 bits per heavy atom. The third-order valence-electron chi connectivity index (χ3n) is 1.23. The second-order valence-electron chi connectivity index (χ2n) is 1.92. The molecule has 7 heteroatoms. The minimum atomic E-state index is -0.279. The second-order valence-corrected chi connectivity index (χ2v) is 2.91. The normalized spacial score (nSPS) is 9.67. The molecule has 0 radical (unpaired) electrons. The molecule has 0 aromatic carbocycles. The smallest absolute Gasteiger partial charge is 0.306 e. The van der Waals surface area contributed by atoms with Crippen LogP contribution in [0.5, 0.6) is 0 Å². The van der Waals surface area contributed by atoms with Crippen LogP contribution in [0.15, 0.2) is 15.9 Å². The van der Waals surface area contributed by atoms with Gasteiger partial charge < -0.3 is 4.98 Å². The molecule has 5 nitrogen and oxygen atoms in total. The number of aromatic amines is 2. The van der Waals surface area contributed by atoms with Crippen LogP contribution in [0.2, 0.25) is 0 Å². The van der Waals surface area contributed by atoms with E-state index in [0.29, 0.717) is 10.3 Å². The minimum absolute atomic E-state index is 0. The number of thiazole rings is 1. The lowest BCUT2D eigenvalue weighted by Crippen LogP contribution is -2.03. The Labute approximate surface area is 75.9 Å². The minimum Gasteiger partial charge on any atom is -0.312 e. The fraction of sp³-hybridized carbons (Fsp3) is 0. The van der Waals surface area contributed by atoms with Crippen LogP contribution in [0.3, 0.4) is 0 Å². The molecule has 0 amide bonds. The van der Waals surface area contributed by atoms with Crippen LogP contribution in [0.1, 0.15) is 0 Å². The first-order valence-corrected chi connectivity index (χ1v) is 3.65. The van der Waals surface area contributed by atoms with Gasteiger partial charge in [-0.3, -0.25) is 14.6 Å². The average molecular weight is 206 g/mol. The molecule has 0 bridgehead atoms. The molecule has 0 aliphatic carbocycles. The number of nitrogens with one attached hydrogen (secondary N) is 2. The van der Waals surface area contributed by atoms with Crippen molar-refractivity contribution in [3.63, 3.8) is 0 Å². The van der Waals surface area contributed by atoms with Gasteiger partial charge in [0.1, 0.15) is 4.70 Å². The van der Waals surface area contributed by atoms with Gasteiger partial charge in [-0.2, -0.15) is 0 Å². The summed E-state index contributed by atoms with van der Waals surface area (Å²) in [6.45, 7) is 0. The molecule has 2 N–H and O–H groups in total. The molecule has 0 unspecified atom stereocenters. The lowest BCUT2D eigenvalue weighted by Gasteiger charge is -1.81. The first-order chi connectivity index (χ1) is 5.27. The van der Waals surface area contributed by atoms with Gasteiger partial charge in [0.05, 0.1) is 6.33 Å². The van der Waals surface area contributed by atoms with Crippen molar-refractivity contribution < 1.29 is 0 Å². The number of aromatic nitrogens is 3. The highest BCUT2D eigenvalue weighted by Gasteiger charge is 2.01. The molecule has 0 aliphatic rings. The Hall–Kier alpha value is -1.14. The van der Waals surface area contributed by atoms with E-state index in [1.165, 1.54) is 6.33 Å². The second kappa shape index (κ2) is 3.08. The Balaban J connectivity index is 0.000000720. The van der Waals surface area contributed by atoms with Crippen molar-refractivity contribution in [3.05, 3.63) is 26.3 Å². The van der Waals surface area contributed by atoms with Crippen LogP contribution < -0.4 is 10.4 Å². The Bertz CT molecular complexity index is 499. The molecular formula is C5H4ClN3O2S. The molecule has 2 rings (SSSR count). The zero-order valence-electron chi connectivity index (χ0n) is 5.66. The monoisotopic (exact) mass is 205 g/mol. The molecule has 2 heterocycles. The molecule has 0 atom stereocenters. The van der Waals surface area contributed by atoms with Gasteiger partial charge in [0.2, 0.25) is 0 Å². The zero-order chi connectivity index (χ0) is 7.84. The molecule has 12 heavy (non-hydrogen) atoms. The standard InChI is InChI=1S/C5H3N3O2S.ClH/c9-4-2-3(6-1-7-4)8-5(10)11-2;/h1H,(H2,6,7,8,9,10);1H. The fourth-order valence-corrected chi connectivity index (χ4v) is 1.47. The van der Waals surface area contributed by atoms with Gasteiger partial charge >= 0.3 is 4.87 Å². The maximum Gasteiger partial charge on any atom is 0.306 e. The summed E-state index contributed by atoms with van der Waals surface area (Å²) in [4.78, 5) is 30.0. The molecule has 0 saturated heterocycles. The van der Waals surface area contributed by atoms with Crippen LogP contribution in [0.25, 0.3) is 10.3 Å². The molecule has 0 saturated carbocycles. The fourth-order valence-electron chi connectivity index (χ4n) is 0.786. The van der Waals surface area contributed by atoms with Crippen molar-refractivity contribution in [2.24, 2.45) is 0 Å². The van der Waals surface area contributed by atoms with Gasteiger partial charge in [-0.05, 0) is 0 Å². The van der Waals surface area contributed by atoms with E-state index in [1.54, 1.807) is 0 Å². The average Bonchev–Trinajstić information content (AvgIpc) is 2.31. The number of nitrogens with zero attached hydrogens (tertiary/aromatic N) is 1. The van der Waals surface area contributed by atoms with Gasteiger partial charge in [0, 0.05) is 0 Å². The van der Waals surface area contributed by atoms with Crippen molar-refractivity contribution in [2.75, 3.05) is 0 Å². The van der Waals surface area contributed by atoms with Gasteiger partial charge in [-0.15, -0.1) is 12.4 Å². The van der Waals surface area contributed by atoms with Crippen LogP contribution in [0.4, 0.5) is 0 Å². The Morgan fingerprint density at radius 1 is 1.42 bits per heavy atom. The van der Waals surface area contributed by atoms with E-state index in [0.717, 1.165) is 11.3 Å². The summed E-state index contributed by atoms with van der Waals surface area (Å²) in [5.41, 5.74) is 0.0714. The largest absolute Gasteiger partial charge is 0.312 e. The summed E-state index contributed by atoms with van der Waals surface area (Å²) in [6.07, 6.45) is 1.26. The van der Waals surface area contributed by atoms with Crippen LogP contribution in [0, 0.1) is 0 Å². The van der Waals surface area contributed by atoms with Gasteiger partial charge in [-0.25, -0.2) is 4.98 Å². The molecular weight excluding hydrogens is 202 g/mol. The van der Waals surface area contributed by atoms with Crippen LogP contribution in [-0.2, 0) is 0 Å². The number of hydrogen-bond acceptors (Lipinski definition) is 4. The summed E-state index contributed by atoms with van der Waals surface area (Å²) in [5, 5.41) is 0. The van der Waals surface area contributed by atoms with Crippen LogP contribution in [-0.4, -0.2) is 15.0 Å². The van der Waals surface area contributed by atoms with Crippen molar-refractivity contribution in [3.8, 4) is 0 Å². The van der Waals surface area contributed by atoms with E-state index >= 15 is 0 Å². The van der Waals surface area contributed by atoms with Crippen molar-refractivity contribution >= 4 is 34.1 Å². The molecule has 64 valence electrons. The first-order valence-electron chi connectivity index (χ1n) is 2.84. The highest BCUT2D eigenvalue weighted by atomic mass is 35.5.